The monoisotopic (exact) mass is 169 g/mol. The molecular weight excluding hydrogens is 150 g/mol. The zero-order valence-electron chi connectivity index (χ0n) is 8.18. The third-order valence-electron chi connectivity index (χ3n) is 2.55. The Hall–Kier alpha value is -0.340. The maximum absolute atomic E-state index is 5.72. The Bertz CT molecular complexity index is 158. The van der Waals surface area contributed by atoms with Crippen LogP contribution in [0.2, 0.25) is 0 Å². The second kappa shape index (κ2) is 4.06. The van der Waals surface area contributed by atoms with E-state index in [1.807, 2.05) is 6.08 Å². The van der Waals surface area contributed by atoms with Crippen LogP contribution in [0.15, 0.2) is 12.7 Å². The van der Waals surface area contributed by atoms with E-state index in [0.29, 0.717) is 0 Å². The van der Waals surface area contributed by atoms with Gasteiger partial charge in [-0.05, 0) is 13.3 Å². The molecule has 1 unspecified atom stereocenters. The molecule has 70 valence electrons. The average Bonchev–Trinajstić information content (AvgIpc) is 2.05. The predicted octanol–water partition coefficient (Wildman–Crippen LogP) is 1.67. The first-order valence-electron chi connectivity index (χ1n) is 4.67. The van der Waals surface area contributed by atoms with Crippen LogP contribution in [0.4, 0.5) is 0 Å². The molecule has 0 aromatic heterocycles. The molecule has 12 heavy (non-hydrogen) atoms. The van der Waals surface area contributed by atoms with Crippen molar-refractivity contribution in [2.24, 2.45) is 0 Å². The van der Waals surface area contributed by atoms with Gasteiger partial charge in [-0.3, -0.25) is 4.90 Å². The first-order valence-corrected chi connectivity index (χ1v) is 4.67. The van der Waals surface area contributed by atoms with E-state index < -0.39 is 0 Å². The number of ether oxygens (including phenoxy) is 1. The smallest absolute Gasteiger partial charge is 0.0779 e. The molecule has 1 aliphatic rings. The van der Waals surface area contributed by atoms with Gasteiger partial charge >= 0.3 is 0 Å². The van der Waals surface area contributed by atoms with Crippen molar-refractivity contribution in [1.29, 1.82) is 0 Å². The molecule has 1 heterocycles. The lowest BCUT2D eigenvalue weighted by molar-refractivity contribution is -0.0965. The van der Waals surface area contributed by atoms with Gasteiger partial charge in [0.15, 0.2) is 0 Å². The molecule has 0 bridgehead atoms. The highest BCUT2D eigenvalue weighted by atomic mass is 16.5. The van der Waals surface area contributed by atoms with E-state index in [0.717, 1.165) is 32.7 Å². The molecule has 2 nitrogen and oxygen atoms in total. The number of nitrogens with zero attached hydrogens (tertiary/aromatic N) is 1. The molecule has 1 rings (SSSR count). The van der Waals surface area contributed by atoms with Crippen LogP contribution < -0.4 is 0 Å². The Morgan fingerprint density at radius 3 is 3.00 bits per heavy atom. The van der Waals surface area contributed by atoms with Crippen molar-refractivity contribution >= 4 is 0 Å². The largest absolute Gasteiger partial charge is 0.373 e. The average molecular weight is 169 g/mol. The van der Waals surface area contributed by atoms with Crippen molar-refractivity contribution in [1.82, 2.24) is 4.90 Å². The van der Waals surface area contributed by atoms with Crippen LogP contribution in [0.3, 0.4) is 0 Å². The summed E-state index contributed by atoms with van der Waals surface area (Å²) in [5.74, 6) is 0. The molecule has 1 fully saturated rings. The topological polar surface area (TPSA) is 12.5 Å². The van der Waals surface area contributed by atoms with Crippen LogP contribution in [-0.2, 0) is 4.74 Å². The van der Waals surface area contributed by atoms with Gasteiger partial charge in [0.25, 0.3) is 0 Å². The van der Waals surface area contributed by atoms with Gasteiger partial charge in [-0.25, -0.2) is 0 Å². The van der Waals surface area contributed by atoms with Gasteiger partial charge in [0.05, 0.1) is 12.2 Å². The van der Waals surface area contributed by atoms with E-state index in [-0.39, 0.29) is 5.60 Å². The molecule has 1 saturated heterocycles. The summed E-state index contributed by atoms with van der Waals surface area (Å²) >= 11 is 0. The zero-order chi connectivity index (χ0) is 9.03. The Balaban J connectivity index is 2.44. The van der Waals surface area contributed by atoms with Crippen LogP contribution in [0.25, 0.3) is 0 Å². The molecule has 0 aromatic carbocycles. The van der Waals surface area contributed by atoms with E-state index in [1.165, 1.54) is 0 Å². The highest BCUT2D eigenvalue weighted by Gasteiger charge is 2.29. The SMILES string of the molecule is C=CCN1CCOC(C)(CC)C1. The molecule has 0 saturated carbocycles. The van der Waals surface area contributed by atoms with Crippen LogP contribution in [0, 0.1) is 0 Å². The molecule has 1 aliphatic heterocycles. The van der Waals surface area contributed by atoms with Crippen molar-refractivity contribution in [3.05, 3.63) is 12.7 Å². The van der Waals surface area contributed by atoms with Crippen molar-refractivity contribution in [2.75, 3.05) is 26.2 Å². The fraction of sp³-hybridized carbons (Fsp3) is 0.800. The number of morpholine rings is 1. The van der Waals surface area contributed by atoms with Crippen LogP contribution in [0.1, 0.15) is 20.3 Å². The Labute approximate surface area is 75.2 Å². The molecule has 0 radical (unpaired) electrons. The predicted molar refractivity (Wildman–Crippen MR) is 51.3 cm³/mol. The lowest BCUT2D eigenvalue weighted by Gasteiger charge is -2.39. The normalized spacial score (nSPS) is 31.8. The standard InChI is InChI=1S/C10H19NO/c1-4-6-11-7-8-12-10(3,5-2)9-11/h4H,1,5-9H2,2-3H3. The molecular formula is C10H19NO. The fourth-order valence-electron chi connectivity index (χ4n) is 1.57. The van der Waals surface area contributed by atoms with Crippen LogP contribution in [-0.4, -0.2) is 36.7 Å². The first-order chi connectivity index (χ1) is 5.70. The molecule has 0 N–H and O–H groups in total. The molecule has 1 atom stereocenters. The summed E-state index contributed by atoms with van der Waals surface area (Å²) in [6.45, 7) is 12.0. The van der Waals surface area contributed by atoms with Gasteiger partial charge in [-0.2, -0.15) is 0 Å². The Morgan fingerprint density at radius 1 is 1.67 bits per heavy atom. The number of hydrogen-bond acceptors (Lipinski definition) is 2. The number of hydrogen-bond donors (Lipinski definition) is 0. The summed E-state index contributed by atoms with van der Waals surface area (Å²) in [5.41, 5.74) is 0.0707. The third kappa shape index (κ3) is 2.32. The minimum absolute atomic E-state index is 0.0707. The van der Waals surface area contributed by atoms with Crippen LogP contribution >= 0.6 is 0 Å². The van der Waals surface area contributed by atoms with Crippen molar-refractivity contribution in [3.8, 4) is 0 Å². The van der Waals surface area contributed by atoms with Crippen LogP contribution in [0.5, 0.6) is 0 Å². The Kier molecular flexibility index (Phi) is 3.29. The molecule has 0 aliphatic carbocycles. The van der Waals surface area contributed by atoms with Gasteiger partial charge in [-0.1, -0.05) is 13.0 Å². The summed E-state index contributed by atoms with van der Waals surface area (Å²) in [6, 6.07) is 0. The summed E-state index contributed by atoms with van der Waals surface area (Å²) in [4.78, 5) is 2.39. The lowest BCUT2D eigenvalue weighted by Crippen LogP contribution is -2.49. The van der Waals surface area contributed by atoms with Gasteiger partial charge in [0, 0.05) is 19.6 Å². The summed E-state index contributed by atoms with van der Waals surface area (Å²) in [7, 11) is 0. The molecule has 0 amide bonds. The second-order valence-electron chi connectivity index (χ2n) is 3.68. The van der Waals surface area contributed by atoms with Crippen molar-refractivity contribution in [3.63, 3.8) is 0 Å². The molecule has 0 aromatic rings. The van der Waals surface area contributed by atoms with E-state index in [1.54, 1.807) is 0 Å². The first kappa shape index (κ1) is 9.75. The second-order valence-corrected chi connectivity index (χ2v) is 3.68. The van der Waals surface area contributed by atoms with Crippen molar-refractivity contribution < 1.29 is 4.74 Å². The Morgan fingerprint density at radius 2 is 2.42 bits per heavy atom. The minimum Gasteiger partial charge on any atom is -0.373 e. The lowest BCUT2D eigenvalue weighted by atomic mass is 10.0. The van der Waals surface area contributed by atoms with E-state index >= 15 is 0 Å². The minimum atomic E-state index is 0.0707. The van der Waals surface area contributed by atoms with Gasteiger partial charge in [-0.15, -0.1) is 6.58 Å². The quantitative estimate of drug-likeness (QED) is 0.596. The van der Waals surface area contributed by atoms with E-state index in [4.69, 9.17) is 4.74 Å². The summed E-state index contributed by atoms with van der Waals surface area (Å²) in [6.07, 6.45) is 3.04. The molecule has 2 heteroatoms. The zero-order valence-corrected chi connectivity index (χ0v) is 8.18. The van der Waals surface area contributed by atoms with Crippen molar-refractivity contribution in [2.45, 2.75) is 25.9 Å². The summed E-state index contributed by atoms with van der Waals surface area (Å²) in [5, 5.41) is 0. The fourth-order valence-corrected chi connectivity index (χ4v) is 1.57. The summed E-state index contributed by atoms with van der Waals surface area (Å²) < 4.78 is 5.72. The van der Waals surface area contributed by atoms with Gasteiger partial charge < -0.3 is 4.74 Å². The third-order valence-corrected chi connectivity index (χ3v) is 2.55. The number of rotatable bonds is 3. The highest BCUT2D eigenvalue weighted by Crippen LogP contribution is 2.20. The maximum atomic E-state index is 5.72. The molecule has 0 spiro atoms. The van der Waals surface area contributed by atoms with E-state index in [2.05, 4.69) is 25.3 Å². The van der Waals surface area contributed by atoms with Gasteiger partial charge in [0.2, 0.25) is 0 Å². The van der Waals surface area contributed by atoms with E-state index in [9.17, 15) is 0 Å². The maximum Gasteiger partial charge on any atom is 0.0779 e. The van der Waals surface area contributed by atoms with Gasteiger partial charge in [0.1, 0.15) is 0 Å². The highest BCUT2D eigenvalue weighted by molar-refractivity contribution is 4.85.